The third kappa shape index (κ3) is 6.71. The van der Waals surface area contributed by atoms with Crippen molar-refractivity contribution >= 4 is 23.1 Å². The molecule has 4 nitrogen and oxygen atoms in total. The Labute approximate surface area is 172 Å². The van der Waals surface area contributed by atoms with Gasteiger partial charge in [-0.2, -0.15) is 0 Å². The van der Waals surface area contributed by atoms with Crippen LogP contribution in [-0.4, -0.2) is 17.1 Å². The van der Waals surface area contributed by atoms with Crippen LogP contribution in [0.2, 0.25) is 0 Å². The summed E-state index contributed by atoms with van der Waals surface area (Å²) >= 11 is 1.10. The number of hydrogen-bond donors (Lipinski definition) is 1. The van der Waals surface area contributed by atoms with Gasteiger partial charge in [0.25, 0.3) is 5.24 Å². The molecule has 0 aliphatic carbocycles. The largest absolute Gasteiger partial charge is 0.420 e. The van der Waals surface area contributed by atoms with Crippen LogP contribution in [0.15, 0.2) is 48.5 Å². The number of thioether (sulfide) groups is 1. The molecule has 1 N–H and O–H groups in total. The molecular weight excluding hydrogens is 370 g/mol. The monoisotopic (exact) mass is 399 g/mol. The van der Waals surface area contributed by atoms with Crippen molar-refractivity contribution < 1.29 is 14.3 Å². The summed E-state index contributed by atoms with van der Waals surface area (Å²) in [4.78, 5) is 24.3. The van der Waals surface area contributed by atoms with Crippen LogP contribution >= 0.6 is 11.8 Å². The molecule has 150 valence electrons. The molecule has 0 atom stereocenters. The molecule has 2 aromatic rings. The highest BCUT2D eigenvalue weighted by atomic mass is 32.2. The topological polar surface area (TPSA) is 55.4 Å². The summed E-state index contributed by atoms with van der Waals surface area (Å²) in [5.74, 6) is 1.63. The van der Waals surface area contributed by atoms with Gasteiger partial charge in [0, 0.05) is 5.75 Å². The Morgan fingerprint density at radius 1 is 0.929 bits per heavy atom. The Kier molecular flexibility index (Phi) is 8.58. The quantitative estimate of drug-likeness (QED) is 0.539. The van der Waals surface area contributed by atoms with Crippen molar-refractivity contribution in [3.8, 4) is 5.75 Å². The van der Waals surface area contributed by atoms with Gasteiger partial charge in [-0.3, -0.25) is 10.1 Å². The Morgan fingerprint density at radius 2 is 1.54 bits per heavy atom. The van der Waals surface area contributed by atoms with Crippen LogP contribution in [0, 0.1) is 0 Å². The van der Waals surface area contributed by atoms with Gasteiger partial charge in [-0.15, -0.1) is 0 Å². The minimum Gasteiger partial charge on any atom is -0.409 e. The number of carbonyl (C=O) groups is 2. The van der Waals surface area contributed by atoms with E-state index in [1.165, 1.54) is 5.56 Å². The number of rotatable bonds is 7. The minimum atomic E-state index is -0.726. The molecule has 2 amide bonds. The third-order valence-electron chi connectivity index (χ3n) is 4.40. The SMILES string of the molecule is CC(C)c1cccc(C(C)C)c1OC(=O)NC(=O)SCCCc1ccccc1. The van der Waals surface area contributed by atoms with Crippen molar-refractivity contribution in [2.24, 2.45) is 0 Å². The van der Waals surface area contributed by atoms with Crippen molar-refractivity contribution in [1.82, 2.24) is 5.32 Å². The number of nitrogens with one attached hydrogen (secondary N) is 1. The van der Waals surface area contributed by atoms with Crippen molar-refractivity contribution in [2.45, 2.75) is 52.4 Å². The molecule has 2 aromatic carbocycles. The fourth-order valence-corrected chi connectivity index (χ4v) is 3.55. The van der Waals surface area contributed by atoms with Gasteiger partial charge in [0.05, 0.1) is 0 Å². The number of ether oxygens (including phenoxy) is 1. The summed E-state index contributed by atoms with van der Waals surface area (Å²) < 4.78 is 5.56. The molecule has 0 saturated heterocycles. The number of hydrogen-bond acceptors (Lipinski definition) is 4. The fraction of sp³-hybridized carbons (Fsp3) is 0.391. The van der Waals surface area contributed by atoms with Crippen LogP contribution in [0.1, 0.15) is 62.6 Å². The maximum Gasteiger partial charge on any atom is 0.420 e. The van der Waals surface area contributed by atoms with Crippen molar-refractivity contribution in [3.63, 3.8) is 0 Å². The van der Waals surface area contributed by atoms with E-state index in [0.717, 1.165) is 35.7 Å². The Balaban J connectivity index is 1.87. The van der Waals surface area contributed by atoms with E-state index in [2.05, 4.69) is 45.1 Å². The second-order valence-electron chi connectivity index (χ2n) is 7.31. The Morgan fingerprint density at radius 3 is 2.11 bits per heavy atom. The van der Waals surface area contributed by atoms with Crippen molar-refractivity contribution in [1.29, 1.82) is 0 Å². The van der Waals surface area contributed by atoms with Crippen LogP contribution in [0.3, 0.4) is 0 Å². The van der Waals surface area contributed by atoms with Gasteiger partial charge in [-0.05, 0) is 41.4 Å². The molecule has 0 saturated carbocycles. The van der Waals surface area contributed by atoms with Gasteiger partial charge in [0.2, 0.25) is 0 Å². The van der Waals surface area contributed by atoms with Gasteiger partial charge in [0.15, 0.2) is 0 Å². The lowest BCUT2D eigenvalue weighted by Gasteiger charge is -2.18. The normalized spacial score (nSPS) is 10.9. The summed E-state index contributed by atoms with van der Waals surface area (Å²) in [6, 6.07) is 16.0. The Hall–Kier alpha value is -2.27. The molecule has 0 bridgehead atoms. The van der Waals surface area contributed by atoms with E-state index in [0.29, 0.717) is 11.5 Å². The molecule has 5 heteroatoms. The summed E-state index contributed by atoms with van der Waals surface area (Å²) in [6.45, 7) is 8.21. The molecule has 0 aliphatic rings. The maximum absolute atomic E-state index is 12.3. The van der Waals surface area contributed by atoms with Gasteiger partial charge < -0.3 is 4.74 Å². The van der Waals surface area contributed by atoms with Crippen molar-refractivity contribution in [2.75, 3.05) is 5.75 Å². The zero-order chi connectivity index (χ0) is 20.5. The smallest absolute Gasteiger partial charge is 0.409 e. The first-order valence-electron chi connectivity index (χ1n) is 9.70. The van der Waals surface area contributed by atoms with E-state index in [4.69, 9.17) is 4.74 Å². The van der Waals surface area contributed by atoms with Gasteiger partial charge in [-0.1, -0.05) is 88.0 Å². The zero-order valence-corrected chi connectivity index (χ0v) is 17.8. The molecule has 0 aromatic heterocycles. The summed E-state index contributed by atoms with van der Waals surface area (Å²) in [5.41, 5.74) is 3.17. The Bertz CT molecular complexity index is 761. The predicted octanol–water partition coefficient (Wildman–Crippen LogP) is 6.51. The molecule has 0 radical (unpaired) electrons. The van der Waals surface area contributed by atoms with Crippen LogP contribution in [0.4, 0.5) is 9.59 Å². The molecule has 0 aliphatic heterocycles. The summed E-state index contributed by atoms with van der Waals surface area (Å²) in [7, 11) is 0. The molecular formula is C23H29NO3S. The van der Waals surface area contributed by atoms with Gasteiger partial charge in [0.1, 0.15) is 5.75 Å². The van der Waals surface area contributed by atoms with Crippen LogP contribution in [0.5, 0.6) is 5.75 Å². The average Bonchev–Trinajstić information content (AvgIpc) is 2.65. The van der Waals surface area contributed by atoms with E-state index in [1.807, 2.05) is 36.4 Å². The average molecular weight is 400 g/mol. The van der Waals surface area contributed by atoms with Gasteiger partial charge in [-0.25, -0.2) is 4.79 Å². The lowest BCUT2D eigenvalue weighted by atomic mass is 9.94. The first-order valence-corrected chi connectivity index (χ1v) is 10.7. The lowest BCUT2D eigenvalue weighted by molar-refractivity contribution is 0.200. The number of benzene rings is 2. The van der Waals surface area contributed by atoms with E-state index in [9.17, 15) is 9.59 Å². The highest BCUT2D eigenvalue weighted by Gasteiger charge is 2.19. The van der Waals surface area contributed by atoms with Crippen LogP contribution < -0.4 is 10.1 Å². The second kappa shape index (κ2) is 10.9. The number of aryl methyl sites for hydroxylation is 1. The predicted molar refractivity (Wildman–Crippen MR) is 116 cm³/mol. The zero-order valence-electron chi connectivity index (χ0n) is 17.0. The first kappa shape index (κ1) is 22.0. The summed E-state index contributed by atoms with van der Waals surface area (Å²) in [6.07, 6.45) is 1.05. The standard InChI is InChI=1S/C23H29NO3S/c1-16(2)19-13-8-14-20(17(3)4)21(19)27-22(25)24-23(26)28-15-9-12-18-10-6-5-7-11-18/h5-8,10-11,13-14,16-17H,9,12,15H2,1-4H3,(H,24,25,26). The number of amides is 2. The highest BCUT2D eigenvalue weighted by Crippen LogP contribution is 2.34. The van der Waals surface area contributed by atoms with E-state index in [1.54, 1.807) is 0 Å². The third-order valence-corrected chi connectivity index (χ3v) is 5.26. The van der Waals surface area contributed by atoms with Crippen LogP contribution in [0.25, 0.3) is 0 Å². The second-order valence-corrected chi connectivity index (χ2v) is 8.38. The van der Waals surface area contributed by atoms with Crippen LogP contribution in [-0.2, 0) is 6.42 Å². The number of carbonyl (C=O) groups excluding carboxylic acids is 2. The summed E-state index contributed by atoms with van der Waals surface area (Å²) in [5, 5.41) is 1.94. The van der Waals surface area contributed by atoms with E-state index < -0.39 is 6.09 Å². The molecule has 28 heavy (non-hydrogen) atoms. The minimum absolute atomic E-state index is 0.213. The fourth-order valence-electron chi connectivity index (χ4n) is 2.92. The number of para-hydroxylation sites is 1. The molecule has 2 rings (SSSR count). The van der Waals surface area contributed by atoms with E-state index >= 15 is 0 Å². The lowest BCUT2D eigenvalue weighted by Crippen LogP contribution is -2.31. The van der Waals surface area contributed by atoms with Gasteiger partial charge >= 0.3 is 6.09 Å². The number of imide groups is 1. The first-order chi connectivity index (χ1) is 13.4. The molecule has 0 heterocycles. The van der Waals surface area contributed by atoms with Crippen molar-refractivity contribution in [3.05, 3.63) is 65.2 Å². The van der Waals surface area contributed by atoms with E-state index in [-0.39, 0.29) is 17.1 Å². The molecule has 0 fully saturated rings. The molecule has 0 spiro atoms. The highest BCUT2D eigenvalue weighted by molar-refractivity contribution is 8.13. The maximum atomic E-state index is 12.3. The molecule has 0 unspecified atom stereocenters.